The summed E-state index contributed by atoms with van der Waals surface area (Å²) in [6.45, 7) is 3.19. The van der Waals surface area contributed by atoms with Crippen molar-refractivity contribution in [3.8, 4) is 0 Å². The number of benzene rings is 1. The third kappa shape index (κ3) is 3.29. The van der Waals surface area contributed by atoms with Crippen LogP contribution in [0, 0.1) is 0 Å². The molecule has 1 saturated heterocycles. The van der Waals surface area contributed by atoms with Crippen molar-refractivity contribution in [1.29, 1.82) is 0 Å². The molecule has 0 spiro atoms. The third-order valence-corrected chi connectivity index (χ3v) is 4.81. The summed E-state index contributed by atoms with van der Waals surface area (Å²) in [5.74, 6) is 0. The first-order chi connectivity index (χ1) is 7.65. The van der Waals surface area contributed by atoms with E-state index in [1.54, 1.807) is 0 Å². The van der Waals surface area contributed by atoms with Crippen molar-refractivity contribution in [2.24, 2.45) is 5.73 Å². The maximum absolute atomic E-state index is 5.97. The molecule has 0 aromatic heterocycles. The molecule has 0 amide bonds. The quantitative estimate of drug-likeness (QED) is 0.890. The number of hydrogen-bond acceptors (Lipinski definition) is 2. The van der Waals surface area contributed by atoms with Crippen molar-refractivity contribution < 1.29 is 0 Å². The van der Waals surface area contributed by atoms with Gasteiger partial charge in [-0.2, -0.15) is 0 Å². The van der Waals surface area contributed by atoms with Crippen molar-refractivity contribution in [2.45, 2.75) is 25.4 Å². The van der Waals surface area contributed by atoms with Crippen molar-refractivity contribution in [1.82, 2.24) is 4.90 Å². The first kappa shape index (κ1) is 12.6. The van der Waals surface area contributed by atoms with Gasteiger partial charge in [0.25, 0.3) is 0 Å². The fourth-order valence-electron chi connectivity index (χ4n) is 2.13. The summed E-state index contributed by atoms with van der Waals surface area (Å²) in [6, 6.07) is 6.77. The minimum absolute atomic E-state index is 0.354. The Morgan fingerprint density at radius 2 is 2.12 bits per heavy atom. The minimum Gasteiger partial charge on any atom is -0.327 e. The molecule has 0 aliphatic carbocycles. The van der Waals surface area contributed by atoms with Gasteiger partial charge in [-0.1, -0.05) is 6.07 Å². The zero-order valence-corrected chi connectivity index (χ0v) is 12.3. The van der Waals surface area contributed by atoms with Gasteiger partial charge in [-0.3, -0.25) is 4.90 Å². The van der Waals surface area contributed by atoms with E-state index in [0.29, 0.717) is 6.04 Å². The molecular formula is C12H16Br2N2. The highest BCUT2D eigenvalue weighted by atomic mass is 79.9. The molecule has 0 bridgehead atoms. The van der Waals surface area contributed by atoms with Crippen molar-refractivity contribution in [2.75, 3.05) is 13.1 Å². The van der Waals surface area contributed by atoms with Gasteiger partial charge in [-0.05, 0) is 68.9 Å². The van der Waals surface area contributed by atoms with E-state index in [2.05, 4.69) is 55.0 Å². The largest absolute Gasteiger partial charge is 0.327 e. The van der Waals surface area contributed by atoms with Gasteiger partial charge in [0, 0.05) is 28.1 Å². The highest BCUT2D eigenvalue weighted by Crippen LogP contribution is 2.24. The molecule has 1 fully saturated rings. The van der Waals surface area contributed by atoms with E-state index in [9.17, 15) is 0 Å². The Morgan fingerprint density at radius 1 is 1.31 bits per heavy atom. The predicted octanol–water partition coefficient (Wildman–Crippen LogP) is 3.13. The van der Waals surface area contributed by atoms with Gasteiger partial charge in [0.15, 0.2) is 0 Å². The van der Waals surface area contributed by atoms with Crippen LogP contribution in [0.2, 0.25) is 0 Å². The lowest BCUT2D eigenvalue weighted by Crippen LogP contribution is -2.42. The molecule has 0 saturated carbocycles. The lowest BCUT2D eigenvalue weighted by Gasteiger charge is -2.30. The Hall–Kier alpha value is 0.1000. The van der Waals surface area contributed by atoms with Gasteiger partial charge >= 0.3 is 0 Å². The molecule has 1 aromatic rings. The summed E-state index contributed by atoms with van der Waals surface area (Å²) >= 11 is 7.02. The van der Waals surface area contributed by atoms with Gasteiger partial charge < -0.3 is 5.73 Å². The van der Waals surface area contributed by atoms with Crippen molar-refractivity contribution in [3.05, 3.63) is 32.7 Å². The molecular weight excluding hydrogens is 332 g/mol. The van der Waals surface area contributed by atoms with E-state index in [1.165, 1.54) is 24.9 Å². The van der Waals surface area contributed by atoms with E-state index < -0.39 is 0 Å². The Balaban J connectivity index is 2.00. The molecule has 0 radical (unpaired) electrons. The van der Waals surface area contributed by atoms with Gasteiger partial charge in [-0.15, -0.1) is 0 Å². The van der Waals surface area contributed by atoms with Crippen LogP contribution in [0.3, 0.4) is 0 Å². The van der Waals surface area contributed by atoms with E-state index in [4.69, 9.17) is 5.73 Å². The van der Waals surface area contributed by atoms with Crippen LogP contribution < -0.4 is 5.73 Å². The number of hydrogen-bond donors (Lipinski definition) is 1. The van der Waals surface area contributed by atoms with Crippen LogP contribution in [-0.4, -0.2) is 24.0 Å². The van der Waals surface area contributed by atoms with E-state index in [0.717, 1.165) is 22.0 Å². The molecule has 2 N–H and O–H groups in total. The van der Waals surface area contributed by atoms with E-state index in [1.807, 2.05) is 0 Å². The lowest BCUT2D eigenvalue weighted by molar-refractivity contribution is 0.201. The van der Waals surface area contributed by atoms with Gasteiger partial charge in [-0.25, -0.2) is 0 Å². The topological polar surface area (TPSA) is 29.3 Å². The number of likely N-dealkylation sites (tertiary alicyclic amines) is 1. The molecule has 1 atom stereocenters. The maximum atomic E-state index is 5.97. The van der Waals surface area contributed by atoms with E-state index in [-0.39, 0.29) is 0 Å². The van der Waals surface area contributed by atoms with Crippen LogP contribution in [-0.2, 0) is 6.54 Å². The van der Waals surface area contributed by atoms with Gasteiger partial charge in [0.1, 0.15) is 0 Å². The average Bonchev–Trinajstić information content (AvgIpc) is 2.24. The number of piperidine rings is 1. The normalized spacial score (nSPS) is 22.3. The Labute approximate surface area is 113 Å². The van der Waals surface area contributed by atoms with Crippen LogP contribution in [0.25, 0.3) is 0 Å². The second kappa shape index (κ2) is 5.63. The number of nitrogens with two attached hydrogens (primary N) is 1. The smallest absolute Gasteiger partial charge is 0.0320 e. The van der Waals surface area contributed by atoms with Crippen LogP contribution in [0.4, 0.5) is 0 Å². The Kier molecular flexibility index (Phi) is 4.41. The maximum Gasteiger partial charge on any atom is 0.0320 e. The molecule has 2 rings (SSSR count). The van der Waals surface area contributed by atoms with Crippen molar-refractivity contribution in [3.63, 3.8) is 0 Å². The summed E-state index contributed by atoms with van der Waals surface area (Å²) in [7, 11) is 0. The van der Waals surface area contributed by atoms with E-state index >= 15 is 0 Å². The fourth-order valence-corrected chi connectivity index (χ4v) is 2.80. The number of nitrogens with zero attached hydrogens (tertiary/aromatic N) is 1. The molecule has 16 heavy (non-hydrogen) atoms. The average molecular weight is 348 g/mol. The molecule has 1 heterocycles. The van der Waals surface area contributed by atoms with Gasteiger partial charge in [0.2, 0.25) is 0 Å². The molecule has 4 heteroatoms. The van der Waals surface area contributed by atoms with Crippen LogP contribution >= 0.6 is 31.9 Å². The summed E-state index contributed by atoms with van der Waals surface area (Å²) in [6.07, 6.45) is 2.39. The molecule has 1 aliphatic heterocycles. The molecule has 1 unspecified atom stereocenters. The second-order valence-electron chi connectivity index (χ2n) is 4.39. The zero-order valence-electron chi connectivity index (χ0n) is 9.13. The second-order valence-corrected chi connectivity index (χ2v) is 6.09. The predicted molar refractivity (Wildman–Crippen MR) is 74.3 cm³/mol. The minimum atomic E-state index is 0.354. The standard InChI is InChI=1S/C12H16Br2N2/c13-11-4-3-9(6-12(11)14)7-16-5-1-2-10(15)8-16/h3-4,6,10H,1-2,5,7-8,15H2. The Morgan fingerprint density at radius 3 is 2.81 bits per heavy atom. The van der Waals surface area contributed by atoms with Crippen LogP contribution in [0.5, 0.6) is 0 Å². The summed E-state index contributed by atoms with van der Waals surface area (Å²) in [4.78, 5) is 2.43. The SMILES string of the molecule is NC1CCCN(Cc2ccc(Br)c(Br)c2)C1. The monoisotopic (exact) mass is 346 g/mol. The first-order valence-corrected chi connectivity index (χ1v) is 7.15. The Bertz CT molecular complexity index is 368. The molecule has 2 nitrogen and oxygen atoms in total. The molecule has 88 valence electrons. The fraction of sp³-hybridized carbons (Fsp3) is 0.500. The highest BCUT2D eigenvalue weighted by Gasteiger charge is 2.16. The number of halogens is 2. The number of rotatable bonds is 2. The molecule has 1 aliphatic rings. The first-order valence-electron chi connectivity index (χ1n) is 5.57. The summed E-state index contributed by atoms with van der Waals surface area (Å²) in [5.41, 5.74) is 7.31. The third-order valence-electron chi connectivity index (χ3n) is 2.93. The van der Waals surface area contributed by atoms with Crippen LogP contribution in [0.1, 0.15) is 18.4 Å². The molecule has 1 aromatic carbocycles. The van der Waals surface area contributed by atoms with Crippen LogP contribution in [0.15, 0.2) is 27.1 Å². The lowest BCUT2D eigenvalue weighted by atomic mass is 10.1. The van der Waals surface area contributed by atoms with Crippen molar-refractivity contribution >= 4 is 31.9 Å². The summed E-state index contributed by atoms with van der Waals surface area (Å²) < 4.78 is 2.22. The van der Waals surface area contributed by atoms with Gasteiger partial charge in [0.05, 0.1) is 0 Å². The summed E-state index contributed by atoms with van der Waals surface area (Å²) in [5, 5.41) is 0. The zero-order chi connectivity index (χ0) is 11.5. The highest BCUT2D eigenvalue weighted by molar-refractivity contribution is 9.13.